The number of nitrogens with one attached hydrogen (secondary N) is 6. The van der Waals surface area contributed by atoms with E-state index in [-0.39, 0.29) is 110 Å². The molecule has 104 heavy (non-hydrogen) atoms. The molecule has 0 bridgehead atoms. The standard InChI is InChI=1S/C67H91N11O23S2.Na/c1-36-34-78-57(58(36)88)63(93)69-33-43(80)31-46(70-59(89)39-10-12-40(13-11-39)64-74-75-65(102-64)41-14-16-45(17-15-41)98-28-8-6-4-5-7-27-97-3)60(90)71-54(37(2)79)66(94)77-35-44(81)32-47(77)61(91)72-55(50(84)29-38-9-18-48(82)51(30-38)99-103-101-100-96)62(92)73-56(67(78)95)49(83)21-24-68-42-22-25-76(26-23-42)52(85)19-20-53(86)87;/h9-18,30,36-37,42-44,46-47,49-50,54-58,68,79-84,88,96H,4-8,19-29,31-35H2,1-3H3,(H,69,93)(H,70,89)(H,71,90)(H,72,91)(H,73,92)(H,86,87);/q;+1/p-1/t36-,37-,43-,44-,46+,47+,49-,50-,54+,55+,56+,57+,58+;/m1./s1. The zero-order valence-corrected chi connectivity index (χ0v) is 61.7. The van der Waals surface area contributed by atoms with Crippen LogP contribution in [0.5, 0.6) is 17.2 Å². The van der Waals surface area contributed by atoms with Crippen molar-refractivity contribution in [3.05, 3.63) is 77.9 Å². The molecule has 4 aromatic rings. The first-order valence-corrected chi connectivity index (χ1v) is 35.5. The Bertz CT molecular complexity index is 3520. The quantitative estimate of drug-likeness (QED) is 0.00799. The van der Waals surface area contributed by atoms with E-state index in [2.05, 4.69) is 51.5 Å². The number of likely N-dealkylation sites (tertiary alicyclic amines) is 1. The molecule has 0 aliphatic carbocycles. The molecule has 37 heteroatoms. The van der Waals surface area contributed by atoms with Crippen LogP contribution >= 0.6 is 23.7 Å². The van der Waals surface area contributed by atoms with E-state index in [0.717, 1.165) is 67.1 Å². The van der Waals surface area contributed by atoms with E-state index >= 15 is 9.59 Å². The molecule has 34 nitrogen and oxygen atoms in total. The van der Waals surface area contributed by atoms with E-state index < -0.39 is 171 Å². The zero-order chi connectivity index (χ0) is 74.4. The van der Waals surface area contributed by atoms with Crippen molar-refractivity contribution in [3.63, 3.8) is 0 Å². The number of unbranched alkanes of at least 4 members (excludes halogenated alkanes) is 4. The monoisotopic (exact) mass is 1500 g/mol. The van der Waals surface area contributed by atoms with E-state index in [0.29, 0.717) is 40.8 Å². The predicted octanol–water partition coefficient (Wildman–Crippen LogP) is -4.63. The summed E-state index contributed by atoms with van der Waals surface area (Å²) >= 11 is 1.35. The third kappa shape index (κ3) is 23.6. The van der Waals surface area contributed by atoms with E-state index in [1.54, 1.807) is 19.2 Å². The molecule has 4 aliphatic heterocycles. The van der Waals surface area contributed by atoms with Gasteiger partial charge in [-0.1, -0.05) is 65.1 Å². The number of phenols is 1. The van der Waals surface area contributed by atoms with Crippen molar-refractivity contribution in [3.8, 4) is 38.4 Å². The van der Waals surface area contributed by atoms with Gasteiger partial charge in [0.15, 0.2) is 11.5 Å². The fourth-order valence-corrected chi connectivity index (χ4v) is 13.7. The minimum Gasteiger partial charge on any atom is -0.550 e. The number of rotatable bonds is 29. The predicted molar refractivity (Wildman–Crippen MR) is 364 cm³/mol. The van der Waals surface area contributed by atoms with Gasteiger partial charge in [0, 0.05) is 107 Å². The summed E-state index contributed by atoms with van der Waals surface area (Å²) in [6.07, 6.45) is -7.32. The number of methoxy groups -OCH3 is 1. The Kier molecular flexibility index (Phi) is 33.2. The average molecular weight is 1500 g/mol. The van der Waals surface area contributed by atoms with Crippen molar-refractivity contribution in [2.24, 2.45) is 5.92 Å². The Hall–Kier alpha value is -7.24. The van der Waals surface area contributed by atoms with Crippen LogP contribution in [0.2, 0.25) is 0 Å². The number of ether oxygens (including phenoxy) is 2. The van der Waals surface area contributed by atoms with Crippen molar-refractivity contribution in [1.82, 2.24) is 56.8 Å². The topological polar surface area (TPSA) is 492 Å². The third-order valence-electron chi connectivity index (χ3n) is 18.3. The molecule has 0 spiro atoms. The number of aliphatic carboxylic acids is 1. The SMILES string of the molecule is COCCCCCCCOc1ccc(-c2nnc(-c3ccc(C(=O)N[C@H]4C[C@@H](O)CNC(=O)[C@@H]5[C@@H](O)[C@H](C)CN5C(=O)[C@H]([C@H](O)CCNC5CCN(C(=O)CCC(=O)[O-])CC5)NC(=O)[C@H]([C@H](O)Cc5ccc(O)c(OSOOO)c5)NC(=O)[C@@H]5C[C@@H](O)CN5C(=O)[C@H]([C@@H](C)O)NC4=O)cc3)s2)cc1.[Na+]. The van der Waals surface area contributed by atoms with Gasteiger partial charge in [0.1, 0.15) is 52.0 Å². The Morgan fingerprint density at radius 1 is 0.750 bits per heavy atom. The minimum atomic E-state index is -2.17. The van der Waals surface area contributed by atoms with Gasteiger partial charge in [-0.2, -0.15) is 0 Å². The molecule has 8 amide bonds. The number of fused-ring (bicyclic) bond motifs is 2. The maximum Gasteiger partial charge on any atom is 1.00 e. The normalized spacial score (nSPS) is 24.1. The first-order valence-electron chi connectivity index (χ1n) is 34.0. The average Bonchev–Trinajstić information content (AvgIpc) is 1.63. The Morgan fingerprint density at radius 2 is 1.38 bits per heavy atom. The second-order valence-corrected chi connectivity index (χ2v) is 27.4. The van der Waals surface area contributed by atoms with E-state index in [1.165, 1.54) is 47.4 Å². The Labute approximate surface area is 629 Å². The maximum absolute atomic E-state index is 15.2. The second-order valence-electron chi connectivity index (χ2n) is 26.0. The van der Waals surface area contributed by atoms with Crippen LogP contribution < -0.4 is 75.5 Å². The summed E-state index contributed by atoms with van der Waals surface area (Å²) in [4.78, 5) is 130. The molecule has 14 N–H and O–H groups in total. The number of carbonyl (C=O) groups excluding carboxylic acids is 9. The number of aromatic nitrogens is 2. The number of phenolic OH excluding ortho intramolecular Hbond substituents is 1. The van der Waals surface area contributed by atoms with Gasteiger partial charge in [0.05, 0.1) is 43.2 Å². The summed E-state index contributed by atoms with van der Waals surface area (Å²) in [5.74, 6) is -10.6. The van der Waals surface area contributed by atoms with Crippen LogP contribution in [-0.4, -0.2) is 258 Å². The summed E-state index contributed by atoms with van der Waals surface area (Å²) in [5, 5.41) is 129. The van der Waals surface area contributed by atoms with Gasteiger partial charge >= 0.3 is 29.6 Å². The number of aromatic hydroxyl groups is 1. The molecule has 3 aromatic carbocycles. The van der Waals surface area contributed by atoms with Gasteiger partial charge in [-0.15, -0.1) is 10.2 Å². The number of hydrogen-bond donors (Lipinski definition) is 14. The molecule has 5 heterocycles. The van der Waals surface area contributed by atoms with Gasteiger partial charge in [-0.25, -0.2) is 5.26 Å². The van der Waals surface area contributed by atoms with Crippen LogP contribution in [0.1, 0.15) is 107 Å². The van der Waals surface area contributed by atoms with E-state index in [4.69, 9.17) is 18.9 Å². The van der Waals surface area contributed by atoms with Crippen molar-refractivity contribution in [2.75, 3.05) is 59.6 Å². The summed E-state index contributed by atoms with van der Waals surface area (Å²) < 4.78 is 20.5. The molecule has 0 unspecified atom stereocenters. The third-order valence-corrected chi connectivity index (χ3v) is 19.7. The second kappa shape index (κ2) is 41.0. The van der Waals surface area contributed by atoms with Crippen LogP contribution in [0.25, 0.3) is 21.1 Å². The molecule has 0 saturated carbocycles. The largest absolute Gasteiger partial charge is 1.00 e. The number of amides is 8. The molecular formula is C67H90N11NaO23S2. The molecule has 1 aromatic heterocycles. The first-order chi connectivity index (χ1) is 49.3. The zero-order valence-electron chi connectivity index (χ0n) is 58.0. The number of benzene rings is 3. The molecule has 564 valence electrons. The van der Waals surface area contributed by atoms with Gasteiger partial charge in [0.25, 0.3) is 18.2 Å². The number of carbonyl (C=O) groups is 9. The van der Waals surface area contributed by atoms with Crippen LogP contribution in [0.15, 0.2) is 66.7 Å². The van der Waals surface area contributed by atoms with Crippen LogP contribution in [0.4, 0.5) is 0 Å². The number of carboxylic acids is 1. The number of aliphatic hydroxyl groups is 6. The van der Waals surface area contributed by atoms with Crippen LogP contribution in [0.3, 0.4) is 0 Å². The number of piperidine rings is 1. The van der Waals surface area contributed by atoms with Crippen LogP contribution in [-0.2, 0) is 58.9 Å². The molecule has 4 fully saturated rings. The summed E-state index contributed by atoms with van der Waals surface area (Å²) in [7, 11) is 1.69. The number of β-amino-alcohol motifs (C(OH)–C–C–N with tert-alkyl or cyclic N) is 1. The smallest absolute Gasteiger partial charge is 0.550 e. The Balaban J connectivity index is 0.0000151. The summed E-state index contributed by atoms with van der Waals surface area (Å²) in [5.41, 5.74) is 1.47. The molecule has 13 atom stereocenters. The number of hydrogen-bond acceptors (Lipinski definition) is 28. The molecule has 8 rings (SSSR count). The number of aliphatic hydroxyl groups excluding tert-OH is 6. The number of nitrogens with zero attached hydrogens (tertiary/aromatic N) is 5. The van der Waals surface area contributed by atoms with Crippen molar-refractivity contribution >= 4 is 76.9 Å². The fraction of sp³-hybridized carbons (Fsp3) is 0.567. The summed E-state index contributed by atoms with van der Waals surface area (Å²) in [6, 6.07) is 5.37. The van der Waals surface area contributed by atoms with Gasteiger partial charge < -0.3 is 106 Å². The fourth-order valence-electron chi connectivity index (χ4n) is 12.6. The van der Waals surface area contributed by atoms with Gasteiger partial charge in [0.2, 0.25) is 41.4 Å². The van der Waals surface area contributed by atoms with Crippen molar-refractivity contribution in [2.45, 2.75) is 176 Å². The van der Waals surface area contributed by atoms with Crippen molar-refractivity contribution in [1.29, 1.82) is 0 Å². The minimum absolute atomic E-state index is 0. The Morgan fingerprint density at radius 3 is 2.04 bits per heavy atom. The summed E-state index contributed by atoms with van der Waals surface area (Å²) in [6.45, 7) is 2.77. The number of carboxylic acid groups (broad SMARTS) is 1. The van der Waals surface area contributed by atoms with E-state index in [1.807, 2.05) is 24.3 Å². The maximum atomic E-state index is 15.2. The van der Waals surface area contributed by atoms with E-state index in [9.17, 15) is 74.4 Å². The van der Waals surface area contributed by atoms with Gasteiger partial charge in [-0.3, -0.25) is 38.4 Å². The molecule has 0 radical (unpaired) electrons. The van der Waals surface area contributed by atoms with Crippen molar-refractivity contribution < 1.29 is 142 Å². The van der Waals surface area contributed by atoms with Gasteiger partial charge in [-0.05, 0) is 106 Å². The van der Waals surface area contributed by atoms with Crippen LogP contribution in [0, 0.1) is 5.92 Å². The molecule has 4 saturated heterocycles. The molecule has 4 aliphatic rings. The first kappa shape index (κ1) is 84.0. The molecular weight excluding hydrogens is 1410 g/mol.